The Morgan fingerprint density at radius 2 is 2.17 bits per heavy atom. The van der Waals surface area contributed by atoms with Crippen LogP contribution in [0, 0.1) is 15.5 Å². The SMILES string of the molecule is CCC(C)(Cc1ccc([N+](=O)[O-])cc1Cl)C(=O)O. The predicted octanol–water partition coefficient (Wildman–Crippen LogP) is 3.29. The van der Waals surface area contributed by atoms with E-state index in [1.165, 1.54) is 18.2 Å². The number of carbonyl (C=O) groups is 1. The molecule has 5 nitrogen and oxygen atoms in total. The Morgan fingerprint density at radius 3 is 2.56 bits per heavy atom. The molecule has 0 aliphatic heterocycles. The van der Waals surface area contributed by atoms with Gasteiger partial charge in [-0.3, -0.25) is 14.9 Å². The third kappa shape index (κ3) is 2.98. The molecular formula is C12H14ClNO4. The maximum Gasteiger partial charge on any atom is 0.309 e. The van der Waals surface area contributed by atoms with Gasteiger partial charge < -0.3 is 5.11 Å². The van der Waals surface area contributed by atoms with Crippen LogP contribution in [-0.4, -0.2) is 16.0 Å². The standard InChI is InChI=1S/C12H14ClNO4/c1-3-12(2,11(15)16)7-8-4-5-9(14(17)18)6-10(8)13/h4-6H,3,7H2,1-2H3,(H,15,16). The van der Waals surface area contributed by atoms with Gasteiger partial charge in [0.15, 0.2) is 0 Å². The molecule has 0 radical (unpaired) electrons. The van der Waals surface area contributed by atoms with Gasteiger partial charge in [-0.1, -0.05) is 24.6 Å². The first kappa shape index (κ1) is 14.4. The van der Waals surface area contributed by atoms with Crippen molar-refractivity contribution < 1.29 is 14.8 Å². The van der Waals surface area contributed by atoms with Crippen LogP contribution in [0.25, 0.3) is 0 Å². The topological polar surface area (TPSA) is 80.4 Å². The van der Waals surface area contributed by atoms with Gasteiger partial charge in [0.25, 0.3) is 5.69 Å². The second-order valence-electron chi connectivity index (χ2n) is 4.43. The van der Waals surface area contributed by atoms with Crippen molar-refractivity contribution in [1.82, 2.24) is 0 Å². The Morgan fingerprint density at radius 1 is 1.56 bits per heavy atom. The van der Waals surface area contributed by atoms with Crippen LogP contribution < -0.4 is 0 Å². The number of hydrogen-bond acceptors (Lipinski definition) is 3. The zero-order chi connectivity index (χ0) is 13.9. The quantitative estimate of drug-likeness (QED) is 0.658. The molecule has 0 heterocycles. The second-order valence-corrected chi connectivity index (χ2v) is 4.84. The van der Waals surface area contributed by atoms with Gasteiger partial charge in [0.2, 0.25) is 0 Å². The molecule has 1 aromatic carbocycles. The van der Waals surface area contributed by atoms with Crippen LogP contribution in [0.4, 0.5) is 5.69 Å². The summed E-state index contributed by atoms with van der Waals surface area (Å²) < 4.78 is 0. The van der Waals surface area contributed by atoms with Gasteiger partial charge in [-0.25, -0.2) is 0 Å². The fraction of sp³-hybridized carbons (Fsp3) is 0.417. The molecule has 1 atom stereocenters. The number of aliphatic carboxylic acids is 1. The van der Waals surface area contributed by atoms with Gasteiger partial charge in [0, 0.05) is 12.1 Å². The lowest BCUT2D eigenvalue weighted by molar-refractivity contribution is -0.384. The van der Waals surface area contributed by atoms with Crippen LogP contribution in [0.5, 0.6) is 0 Å². The summed E-state index contributed by atoms with van der Waals surface area (Å²) in [6, 6.07) is 4.09. The molecule has 0 aromatic heterocycles. The van der Waals surface area contributed by atoms with Gasteiger partial charge in [-0.15, -0.1) is 0 Å². The first-order chi connectivity index (χ1) is 8.30. The molecule has 0 fully saturated rings. The maximum absolute atomic E-state index is 11.2. The van der Waals surface area contributed by atoms with Crippen LogP contribution in [0.2, 0.25) is 5.02 Å². The summed E-state index contributed by atoms with van der Waals surface area (Å²) in [7, 11) is 0. The lowest BCUT2D eigenvalue weighted by atomic mass is 9.81. The van der Waals surface area contributed by atoms with Gasteiger partial charge in [0.05, 0.1) is 15.4 Å². The van der Waals surface area contributed by atoms with Crippen LogP contribution in [-0.2, 0) is 11.2 Å². The summed E-state index contributed by atoms with van der Waals surface area (Å²) in [4.78, 5) is 21.2. The van der Waals surface area contributed by atoms with Gasteiger partial charge in [-0.2, -0.15) is 0 Å². The van der Waals surface area contributed by atoms with Gasteiger partial charge in [0.1, 0.15) is 0 Å². The predicted molar refractivity (Wildman–Crippen MR) is 67.8 cm³/mol. The molecule has 0 bridgehead atoms. The summed E-state index contributed by atoms with van der Waals surface area (Å²) in [5.74, 6) is -0.903. The third-order valence-corrected chi connectivity index (χ3v) is 3.48. The molecule has 1 rings (SSSR count). The molecule has 1 aromatic rings. The zero-order valence-corrected chi connectivity index (χ0v) is 10.9. The van der Waals surface area contributed by atoms with E-state index >= 15 is 0 Å². The highest BCUT2D eigenvalue weighted by molar-refractivity contribution is 6.31. The summed E-state index contributed by atoms with van der Waals surface area (Å²) in [6.45, 7) is 3.42. The number of nitro groups is 1. The summed E-state index contributed by atoms with van der Waals surface area (Å²) >= 11 is 5.94. The van der Waals surface area contributed by atoms with Crippen LogP contribution in [0.1, 0.15) is 25.8 Å². The number of carboxylic acids is 1. The largest absolute Gasteiger partial charge is 0.481 e. The fourth-order valence-corrected chi connectivity index (χ4v) is 1.81. The van der Waals surface area contributed by atoms with Crippen LogP contribution in [0.3, 0.4) is 0 Å². The number of carboxylic acid groups (broad SMARTS) is 1. The third-order valence-electron chi connectivity index (χ3n) is 3.12. The van der Waals surface area contributed by atoms with E-state index in [1.807, 2.05) is 0 Å². The zero-order valence-electron chi connectivity index (χ0n) is 10.1. The Balaban J connectivity index is 3.05. The highest BCUT2D eigenvalue weighted by Crippen LogP contribution is 2.31. The van der Waals surface area contributed by atoms with E-state index in [-0.39, 0.29) is 17.1 Å². The average Bonchev–Trinajstić information content (AvgIpc) is 2.31. The Bertz CT molecular complexity index is 489. The highest BCUT2D eigenvalue weighted by Gasteiger charge is 2.32. The molecule has 1 N–H and O–H groups in total. The van der Waals surface area contributed by atoms with Gasteiger partial charge >= 0.3 is 5.97 Å². The van der Waals surface area contributed by atoms with Crippen molar-refractivity contribution in [3.05, 3.63) is 38.9 Å². The van der Waals surface area contributed by atoms with Crippen molar-refractivity contribution in [2.24, 2.45) is 5.41 Å². The number of nitro benzene ring substituents is 1. The van der Waals surface area contributed by atoms with E-state index in [2.05, 4.69) is 0 Å². The fourth-order valence-electron chi connectivity index (χ4n) is 1.57. The first-order valence-corrected chi connectivity index (χ1v) is 5.84. The molecule has 0 aliphatic rings. The monoisotopic (exact) mass is 271 g/mol. The molecule has 98 valence electrons. The average molecular weight is 272 g/mol. The maximum atomic E-state index is 11.2. The second kappa shape index (κ2) is 5.35. The minimum atomic E-state index is -0.917. The minimum absolute atomic E-state index is 0.0997. The van der Waals surface area contributed by atoms with E-state index in [0.717, 1.165) is 0 Å². The van der Waals surface area contributed by atoms with Crippen molar-refractivity contribution >= 4 is 23.3 Å². The molecule has 6 heteroatoms. The minimum Gasteiger partial charge on any atom is -0.481 e. The Kier molecular flexibility index (Phi) is 4.29. The number of non-ortho nitro benzene ring substituents is 1. The van der Waals surface area contributed by atoms with E-state index in [4.69, 9.17) is 11.6 Å². The summed E-state index contributed by atoms with van der Waals surface area (Å²) in [5.41, 5.74) is -0.411. The van der Waals surface area contributed by atoms with Crippen molar-refractivity contribution in [3.63, 3.8) is 0 Å². The summed E-state index contributed by atoms with van der Waals surface area (Å²) in [5, 5.41) is 20.0. The van der Waals surface area contributed by atoms with Crippen molar-refractivity contribution in [2.45, 2.75) is 26.7 Å². The van der Waals surface area contributed by atoms with E-state index in [0.29, 0.717) is 12.0 Å². The molecule has 0 saturated heterocycles. The Labute approximate surface area is 110 Å². The highest BCUT2D eigenvalue weighted by atomic mass is 35.5. The van der Waals surface area contributed by atoms with Crippen molar-refractivity contribution in [1.29, 1.82) is 0 Å². The van der Waals surface area contributed by atoms with Crippen LogP contribution >= 0.6 is 11.6 Å². The normalized spacial score (nSPS) is 13.9. The molecule has 0 spiro atoms. The number of hydrogen-bond donors (Lipinski definition) is 1. The lowest BCUT2D eigenvalue weighted by Crippen LogP contribution is -2.29. The molecule has 18 heavy (non-hydrogen) atoms. The molecule has 0 amide bonds. The Hall–Kier alpha value is -1.62. The summed E-state index contributed by atoms with van der Waals surface area (Å²) in [6.07, 6.45) is 0.700. The van der Waals surface area contributed by atoms with Crippen molar-refractivity contribution in [2.75, 3.05) is 0 Å². The van der Waals surface area contributed by atoms with Gasteiger partial charge in [-0.05, 0) is 25.3 Å². The molecule has 0 saturated carbocycles. The lowest BCUT2D eigenvalue weighted by Gasteiger charge is -2.23. The number of halogens is 1. The van der Waals surface area contributed by atoms with E-state index < -0.39 is 16.3 Å². The van der Waals surface area contributed by atoms with Crippen molar-refractivity contribution in [3.8, 4) is 0 Å². The molecule has 1 unspecified atom stereocenters. The number of benzene rings is 1. The molecule has 0 aliphatic carbocycles. The first-order valence-electron chi connectivity index (χ1n) is 5.46. The van der Waals surface area contributed by atoms with E-state index in [9.17, 15) is 20.0 Å². The smallest absolute Gasteiger partial charge is 0.309 e. The van der Waals surface area contributed by atoms with Crippen LogP contribution in [0.15, 0.2) is 18.2 Å². The van der Waals surface area contributed by atoms with E-state index in [1.54, 1.807) is 13.8 Å². The number of nitrogens with zero attached hydrogens (tertiary/aromatic N) is 1. The number of rotatable bonds is 5. The molecular weight excluding hydrogens is 258 g/mol.